The van der Waals surface area contributed by atoms with Gasteiger partial charge in [0.25, 0.3) is 0 Å². The lowest BCUT2D eigenvalue weighted by Gasteiger charge is -2.30. The summed E-state index contributed by atoms with van der Waals surface area (Å²) in [5.41, 5.74) is 1.10. The zero-order valence-electron chi connectivity index (χ0n) is 20.0. The number of aliphatic hydroxyl groups is 1. The second kappa shape index (κ2) is 13.2. The van der Waals surface area contributed by atoms with E-state index >= 15 is 0 Å². The Morgan fingerprint density at radius 3 is 2.64 bits per heavy atom. The number of piperidine rings is 1. The lowest BCUT2D eigenvalue weighted by atomic mass is 9.99. The van der Waals surface area contributed by atoms with Crippen molar-refractivity contribution in [1.29, 1.82) is 0 Å². The van der Waals surface area contributed by atoms with E-state index in [1.54, 1.807) is 7.11 Å². The fraction of sp³-hybridized carbons (Fsp3) is 0.538. The van der Waals surface area contributed by atoms with Crippen LogP contribution in [-0.2, 0) is 6.54 Å². The molecule has 2 aromatic carbocycles. The highest BCUT2D eigenvalue weighted by molar-refractivity contribution is 9.10. The van der Waals surface area contributed by atoms with Gasteiger partial charge in [0.15, 0.2) is 11.5 Å². The SMILES string of the molecule is COc1cc(CN(C)CC(O)COc2cccc(Br)c2)ccc1OCCN1CCC(C)CC1. The minimum atomic E-state index is -0.587. The van der Waals surface area contributed by atoms with Gasteiger partial charge in [-0.3, -0.25) is 9.80 Å². The molecule has 1 N–H and O–H groups in total. The fourth-order valence-electron chi connectivity index (χ4n) is 4.04. The largest absolute Gasteiger partial charge is 0.493 e. The van der Waals surface area contributed by atoms with Crippen LogP contribution in [-0.4, -0.2) is 74.6 Å². The van der Waals surface area contributed by atoms with Crippen LogP contribution in [0.15, 0.2) is 46.9 Å². The number of nitrogens with zero attached hydrogens (tertiary/aromatic N) is 2. The number of hydrogen-bond acceptors (Lipinski definition) is 6. The molecular weight excluding hydrogens is 484 g/mol. The van der Waals surface area contributed by atoms with Crippen LogP contribution in [0.2, 0.25) is 0 Å². The van der Waals surface area contributed by atoms with Gasteiger partial charge >= 0.3 is 0 Å². The number of likely N-dealkylation sites (N-methyl/N-ethyl adjacent to an activating group) is 1. The van der Waals surface area contributed by atoms with Gasteiger partial charge in [0, 0.05) is 24.1 Å². The van der Waals surface area contributed by atoms with Crippen molar-refractivity contribution in [1.82, 2.24) is 9.80 Å². The van der Waals surface area contributed by atoms with Gasteiger partial charge in [-0.25, -0.2) is 0 Å². The van der Waals surface area contributed by atoms with Gasteiger partial charge in [0.05, 0.1) is 7.11 Å². The van der Waals surface area contributed by atoms with Gasteiger partial charge in [0.2, 0.25) is 0 Å². The van der Waals surface area contributed by atoms with E-state index in [0.29, 0.717) is 19.7 Å². The molecule has 0 amide bonds. The summed E-state index contributed by atoms with van der Waals surface area (Å²) < 4.78 is 18.2. The van der Waals surface area contributed by atoms with Crippen molar-refractivity contribution in [3.63, 3.8) is 0 Å². The lowest BCUT2D eigenvalue weighted by molar-refractivity contribution is 0.0743. The Hall–Kier alpha value is -1.80. The molecule has 6 nitrogen and oxygen atoms in total. The van der Waals surface area contributed by atoms with Crippen molar-refractivity contribution in [3.8, 4) is 17.2 Å². The van der Waals surface area contributed by atoms with Crippen LogP contribution in [0, 0.1) is 5.92 Å². The molecule has 1 saturated heterocycles. The third kappa shape index (κ3) is 8.81. The van der Waals surface area contributed by atoms with Crippen molar-refractivity contribution in [2.24, 2.45) is 5.92 Å². The molecule has 182 valence electrons. The zero-order chi connectivity index (χ0) is 23.6. The lowest BCUT2D eigenvalue weighted by Crippen LogP contribution is -2.35. The number of rotatable bonds is 12. The molecule has 0 aromatic heterocycles. The fourth-order valence-corrected chi connectivity index (χ4v) is 4.42. The maximum atomic E-state index is 10.4. The molecule has 1 aliphatic rings. The van der Waals surface area contributed by atoms with Crippen LogP contribution >= 0.6 is 15.9 Å². The first-order valence-corrected chi connectivity index (χ1v) is 12.5. The van der Waals surface area contributed by atoms with E-state index in [0.717, 1.165) is 52.8 Å². The monoisotopic (exact) mass is 520 g/mol. The number of hydrogen-bond donors (Lipinski definition) is 1. The van der Waals surface area contributed by atoms with Gasteiger partial charge < -0.3 is 19.3 Å². The van der Waals surface area contributed by atoms with Crippen LogP contribution in [0.1, 0.15) is 25.3 Å². The van der Waals surface area contributed by atoms with Crippen molar-refractivity contribution in [2.45, 2.75) is 32.4 Å². The molecule has 3 rings (SSSR count). The van der Waals surface area contributed by atoms with Crippen LogP contribution in [0.5, 0.6) is 17.2 Å². The normalized spacial score (nSPS) is 16.1. The summed E-state index contributed by atoms with van der Waals surface area (Å²) in [5.74, 6) is 3.09. The standard InChI is InChI=1S/C26H37BrN2O4/c1-20-9-11-29(12-10-20)13-14-32-25-8-7-21(15-26(25)31-3)17-28(2)18-23(30)19-33-24-6-4-5-22(27)16-24/h4-8,15-16,20,23,30H,9-14,17-19H2,1-3H3. The Morgan fingerprint density at radius 1 is 1.12 bits per heavy atom. The van der Waals surface area contributed by atoms with Crippen LogP contribution in [0.3, 0.4) is 0 Å². The van der Waals surface area contributed by atoms with Crippen LogP contribution < -0.4 is 14.2 Å². The van der Waals surface area contributed by atoms with Crippen molar-refractivity contribution in [3.05, 3.63) is 52.5 Å². The Labute approximate surface area is 206 Å². The summed E-state index contributed by atoms with van der Waals surface area (Å²) in [6.07, 6.45) is 1.96. The second-order valence-corrected chi connectivity index (χ2v) is 9.89. The molecular formula is C26H37BrN2O4. The number of halogens is 1. The molecule has 1 heterocycles. The predicted molar refractivity (Wildman–Crippen MR) is 135 cm³/mol. The summed E-state index contributed by atoms with van der Waals surface area (Å²) >= 11 is 3.43. The van der Waals surface area contributed by atoms with Crippen LogP contribution in [0.25, 0.3) is 0 Å². The Kier molecular flexibility index (Phi) is 10.3. The second-order valence-electron chi connectivity index (χ2n) is 8.98. The highest BCUT2D eigenvalue weighted by Crippen LogP contribution is 2.28. The first kappa shape index (κ1) is 25.8. The minimum absolute atomic E-state index is 0.243. The molecule has 1 aliphatic heterocycles. The number of aliphatic hydroxyl groups excluding tert-OH is 1. The maximum Gasteiger partial charge on any atom is 0.161 e. The molecule has 0 saturated carbocycles. The zero-order valence-corrected chi connectivity index (χ0v) is 21.6. The highest BCUT2D eigenvalue weighted by Gasteiger charge is 2.16. The quantitative estimate of drug-likeness (QED) is 0.446. The first-order valence-electron chi connectivity index (χ1n) is 11.7. The maximum absolute atomic E-state index is 10.4. The topological polar surface area (TPSA) is 54.4 Å². The molecule has 1 atom stereocenters. The average molecular weight is 521 g/mol. The molecule has 0 aliphatic carbocycles. The Balaban J connectivity index is 1.43. The molecule has 0 radical (unpaired) electrons. The summed E-state index contributed by atoms with van der Waals surface area (Å²) in [4.78, 5) is 4.54. The minimum Gasteiger partial charge on any atom is -0.493 e. The van der Waals surface area contributed by atoms with Crippen LogP contribution in [0.4, 0.5) is 0 Å². The molecule has 2 aromatic rings. The molecule has 33 heavy (non-hydrogen) atoms. The van der Waals surface area contributed by atoms with E-state index < -0.39 is 6.10 Å². The third-order valence-corrected chi connectivity index (χ3v) is 6.48. The summed E-state index contributed by atoms with van der Waals surface area (Å²) in [6.45, 7) is 7.69. The summed E-state index contributed by atoms with van der Waals surface area (Å²) in [7, 11) is 3.66. The predicted octanol–water partition coefficient (Wildman–Crippen LogP) is 4.44. The van der Waals surface area contributed by atoms with Crippen molar-refractivity contribution < 1.29 is 19.3 Å². The van der Waals surface area contributed by atoms with Gasteiger partial charge in [-0.1, -0.05) is 35.0 Å². The molecule has 7 heteroatoms. The Morgan fingerprint density at radius 2 is 1.91 bits per heavy atom. The first-order chi connectivity index (χ1) is 15.9. The number of methoxy groups -OCH3 is 1. The van der Waals surface area contributed by atoms with E-state index in [1.165, 1.54) is 12.8 Å². The third-order valence-electron chi connectivity index (χ3n) is 5.98. The van der Waals surface area contributed by atoms with Gasteiger partial charge in [-0.05, 0) is 74.8 Å². The van der Waals surface area contributed by atoms with Gasteiger partial charge in [-0.2, -0.15) is 0 Å². The van der Waals surface area contributed by atoms with Gasteiger partial charge in [0.1, 0.15) is 25.1 Å². The molecule has 1 unspecified atom stereocenters. The van der Waals surface area contributed by atoms with E-state index in [2.05, 4.69) is 38.7 Å². The highest BCUT2D eigenvalue weighted by atomic mass is 79.9. The van der Waals surface area contributed by atoms with E-state index in [1.807, 2.05) is 43.4 Å². The van der Waals surface area contributed by atoms with Gasteiger partial charge in [-0.15, -0.1) is 0 Å². The van der Waals surface area contributed by atoms with E-state index in [9.17, 15) is 5.11 Å². The van der Waals surface area contributed by atoms with Crippen molar-refractivity contribution in [2.75, 3.05) is 53.6 Å². The summed E-state index contributed by atoms with van der Waals surface area (Å²) in [6, 6.07) is 13.7. The van der Waals surface area contributed by atoms with Crippen molar-refractivity contribution >= 4 is 15.9 Å². The molecule has 0 bridgehead atoms. The summed E-state index contributed by atoms with van der Waals surface area (Å²) in [5, 5.41) is 10.4. The number of benzene rings is 2. The number of likely N-dealkylation sites (tertiary alicyclic amines) is 1. The van der Waals surface area contributed by atoms with E-state index in [-0.39, 0.29) is 6.61 Å². The number of ether oxygens (including phenoxy) is 3. The van der Waals surface area contributed by atoms with E-state index in [4.69, 9.17) is 14.2 Å². The smallest absolute Gasteiger partial charge is 0.161 e. The molecule has 0 spiro atoms. The average Bonchev–Trinajstić information content (AvgIpc) is 2.79. The molecule has 1 fully saturated rings. The Bertz CT molecular complexity index is 858.